The Balaban J connectivity index is 1.87. The SMILES string of the molecule is CCCCCCCC(=O)NC(c1ccccc1)c1c(O)ccc2ccccc12. The fourth-order valence-electron chi connectivity index (χ4n) is 3.68. The zero-order chi connectivity index (χ0) is 19.8. The summed E-state index contributed by atoms with van der Waals surface area (Å²) in [6.07, 6.45) is 6.08. The zero-order valence-corrected chi connectivity index (χ0v) is 16.5. The molecule has 28 heavy (non-hydrogen) atoms. The van der Waals surface area contributed by atoms with Crippen molar-refractivity contribution >= 4 is 16.7 Å². The third-order valence-electron chi connectivity index (χ3n) is 5.18. The average Bonchev–Trinajstić information content (AvgIpc) is 2.73. The molecule has 0 fully saturated rings. The molecular weight excluding hydrogens is 346 g/mol. The number of carbonyl (C=O) groups is 1. The molecule has 1 unspecified atom stereocenters. The Kier molecular flexibility index (Phi) is 7.07. The normalized spacial score (nSPS) is 12.0. The standard InChI is InChI=1S/C25H29NO2/c1-2-3-4-5-9-16-23(28)26-25(20-13-7-6-8-14-20)24-21-15-11-10-12-19(21)17-18-22(24)27/h6-8,10-15,17-18,25,27H,2-5,9,16H2,1H3,(H,26,28). The van der Waals surface area contributed by atoms with Crippen LogP contribution in [0.1, 0.15) is 62.6 Å². The summed E-state index contributed by atoms with van der Waals surface area (Å²) < 4.78 is 0. The number of unbranched alkanes of at least 4 members (excludes halogenated alkanes) is 4. The number of fused-ring (bicyclic) bond motifs is 1. The smallest absolute Gasteiger partial charge is 0.220 e. The first-order valence-corrected chi connectivity index (χ1v) is 10.3. The molecule has 3 nitrogen and oxygen atoms in total. The van der Waals surface area contributed by atoms with Gasteiger partial charge in [-0.3, -0.25) is 4.79 Å². The molecule has 0 saturated heterocycles. The number of phenols is 1. The highest BCUT2D eigenvalue weighted by molar-refractivity contribution is 5.89. The minimum absolute atomic E-state index is 0.0256. The van der Waals surface area contributed by atoms with E-state index in [1.54, 1.807) is 6.07 Å². The largest absolute Gasteiger partial charge is 0.508 e. The summed E-state index contributed by atoms with van der Waals surface area (Å²) in [5.74, 6) is 0.230. The van der Waals surface area contributed by atoms with Crippen molar-refractivity contribution in [2.24, 2.45) is 0 Å². The van der Waals surface area contributed by atoms with Gasteiger partial charge in [-0.15, -0.1) is 0 Å². The summed E-state index contributed by atoms with van der Waals surface area (Å²) >= 11 is 0. The summed E-state index contributed by atoms with van der Waals surface area (Å²) in [6.45, 7) is 2.19. The van der Waals surface area contributed by atoms with Crippen LogP contribution in [0, 0.1) is 0 Å². The molecule has 1 atom stereocenters. The second-order valence-electron chi connectivity index (χ2n) is 7.29. The summed E-state index contributed by atoms with van der Waals surface area (Å²) in [4.78, 5) is 12.7. The molecule has 0 aromatic heterocycles. The molecule has 0 bridgehead atoms. The van der Waals surface area contributed by atoms with Crippen molar-refractivity contribution in [3.63, 3.8) is 0 Å². The van der Waals surface area contributed by atoms with Gasteiger partial charge in [0.1, 0.15) is 5.75 Å². The van der Waals surface area contributed by atoms with Gasteiger partial charge in [0.25, 0.3) is 0 Å². The number of nitrogens with one attached hydrogen (secondary N) is 1. The summed E-state index contributed by atoms with van der Waals surface area (Å²) in [5, 5.41) is 15.9. The van der Waals surface area contributed by atoms with Crippen LogP contribution in [-0.2, 0) is 4.79 Å². The first-order chi connectivity index (χ1) is 13.7. The van der Waals surface area contributed by atoms with E-state index in [9.17, 15) is 9.90 Å². The fraction of sp³-hybridized carbons (Fsp3) is 0.320. The van der Waals surface area contributed by atoms with Gasteiger partial charge in [-0.1, -0.05) is 93.3 Å². The van der Waals surface area contributed by atoms with Crippen LogP contribution >= 0.6 is 0 Å². The number of rotatable bonds is 9. The number of benzene rings is 3. The molecule has 3 rings (SSSR count). The second kappa shape index (κ2) is 9.93. The molecule has 3 aromatic rings. The fourth-order valence-corrected chi connectivity index (χ4v) is 3.68. The maximum absolute atomic E-state index is 12.7. The number of phenolic OH excluding ortho intramolecular Hbond substituents is 1. The first kappa shape index (κ1) is 19.9. The lowest BCUT2D eigenvalue weighted by molar-refractivity contribution is -0.121. The Labute approximate surface area is 167 Å². The monoisotopic (exact) mass is 375 g/mol. The Morgan fingerprint density at radius 3 is 2.39 bits per heavy atom. The van der Waals surface area contributed by atoms with Crippen LogP contribution in [0.15, 0.2) is 66.7 Å². The van der Waals surface area contributed by atoms with E-state index in [-0.39, 0.29) is 17.7 Å². The molecule has 0 aliphatic carbocycles. The Bertz CT molecular complexity index is 905. The Morgan fingerprint density at radius 2 is 1.61 bits per heavy atom. The van der Waals surface area contributed by atoms with E-state index in [2.05, 4.69) is 12.2 Å². The molecule has 0 spiro atoms. The van der Waals surface area contributed by atoms with Crippen molar-refractivity contribution < 1.29 is 9.90 Å². The highest BCUT2D eigenvalue weighted by Crippen LogP contribution is 2.35. The Hall–Kier alpha value is -2.81. The van der Waals surface area contributed by atoms with Gasteiger partial charge in [-0.2, -0.15) is 0 Å². The van der Waals surface area contributed by atoms with Crippen molar-refractivity contribution in [1.29, 1.82) is 0 Å². The lowest BCUT2D eigenvalue weighted by Gasteiger charge is -2.22. The molecule has 0 heterocycles. The first-order valence-electron chi connectivity index (χ1n) is 10.3. The quantitative estimate of drug-likeness (QED) is 0.443. The van der Waals surface area contributed by atoms with Gasteiger partial charge in [0.15, 0.2) is 0 Å². The molecule has 2 N–H and O–H groups in total. The molecule has 3 aromatic carbocycles. The lowest BCUT2D eigenvalue weighted by atomic mass is 9.92. The maximum Gasteiger partial charge on any atom is 0.220 e. The number of aromatic hydroxyl groups is 1. The molecule has 0 aliphatic heterocycles. The van der Waals surface area contributed by atoms with E-state index >= 15 is 0 Å². The van der Waals surface area contributed by atoms with Gasteiger partial charge in [-0.05, 0) is 28.8 Å². The minimum atomic E-state index is -0.379. The van der Waals surface area contributed by atoms with Crippen molar-refractivity contribution in [2.75, 3.05) is 0 Å². The van der Waals surface area contributed by atoms with Gasteiger partial charge < -0.3 is 10.4 Å². The van der Waals surface area contributed by atoms with Gasteiger partial charge >= 0.3 is 0 Å². The summed E-state index contributed by atoms with van der Waals surface area (Å²) in [6, 6.07) is 21.1. The predicted molar refractivity (Wildman–Crippen MR) is 115 cm³/mol. The van der Waals surface area contributed by atoms with Crippen LogP contribution in [0.25, 0.3) is 10.8 Å². The molecule has 3 heteroatoms. The predicted octanol–water partition coefficient (Wildman–Crippen LogP) is 6.11. The van der Waals surface area contributed by atoms with Gasteiger partial charge in [-0.25, -0.2) is 0 Å². The van der Waals surface area contributed by atoms with Gasteiger partial charge in [0.2, 0.25) is 5.91 Å². The van der Waals surface area contributed by atoms with E-state index in [1.165, 1.54) is 19.3 Å². The third kappa shape index (κ3) is 4.92. The lowest BCUT2D eigenvalue weighted by Crippen LogP contribution is -2.29. The van der Waals surface area contributed by atoms with Crippen LogP contribution in [0.4, 0.5) is 0 Å². The second-order valence-corrected chi connectivity index (χ2v) is 7.29. The molecule has 146 valence electrons. The zero-order valence-electron chi connectivity index (χ0n) is 16.5. The van der Waals surface area contributed by atoms with E-state index in [4.69, 9.17) is 0 Å². The minimum Gasteiger partial charge on any atom is -0.508 e. The van der Waals surface area contributed by atoms with Crippen molar-refractivity contribution in [2.45, 2.75) is 51.5 Å². The number of amides is 1. The molecule has 0 aliphatic rings. The van der Waals surface area contributed by atoms with Crippen LogP contribution < -0.4 is 5.32 Å². The molecule has 1 amide bonds. The van der Waals surface area contributed by atoms with Crippen molar-refractivity contribution in [3.05, 3.63) is 77.9 Å². The molecule has 0 saturated carbocycles. The molecule has 0 radical (unpaired) electrons. The third-order valence-corrected chi connectivity index (χ3v) is 5.18. The van der Waals surface area contributed by atoms with Crippen molar-refractivity contribution in [1.82, 2.24) is 5.32 Å². The maximum atomic E-state index is 12.7. The van der Waals surface area contributed by atoms with E-state index in [0.29, 0.717) is 6.42 Å². The van der Waals surface area contributed by atoms with E-state index in [1.807, 2.05) is 60.7 Å². The van der Waals surface area contributed by atoms with E-state index in [0.717, 1.165) is 34.7 Å². The average molecular weight is 376 g/mol. The van der Waals surface area contributed by atoms with E-state index < -0.39 is 0 Å². The highest BCUT2D eigenvalue weighted by atomic mass is 16.3. The number of carbonyl (C=O) groups excluding carboxylic acids is 1. The van der Waals surface area contributed by atoms with Crippen LogP contribution in [0.5, 0.6) is 5.75 Å². The summed E-state index contributed by atoms with van der Waals surface area (Å²) in [5.41, 5.74) is 1.72. The Morgan fingerprint density at radius 1 is 0.893 bits per heavy atom. The number of hydrogen-bond acceptors (Lipinski definition) is 2. The van der Waals surface area contributed by atoms with Gasteiger partial charge in [0.05, 0.1) is 6.04 Å². The highest BCUT2D eigenvalue weighted by Gasteiger charge is 2.22. The summed E-state index contributed by atoms with van der Waals surface area (Å²) in [7, 11) is 0. The van der Waals surface area contributed by atoms with Crippen LogP contribution in [0.3, 0.4) is 0 Å². The van der Waals surface area contributed by atoms with Gasteiger partial charge in [0, 0.05) is 12.0 Å². The topological polar surface area (TPSA) is 49.3 Å². The molecular formula is C25H29NO2. The number of hydrogen-bond donors (Lipinski definition) is 2. The van der Waals surface area contributed by atoms with Crippen LogP contribution in [-0.4, -0.2) is 11.0 Å². The van der Waals surface area contributed by atoms with Crippen LogP contribution in [0.2, 0.25) is 0 Å². The van der Waals surface area contributed by atoms with Crippen molar-refractivity contribution in [3.8, 4) is 5.75 Å².